The second-order valence-corrected chi connectivity index (χ2v) is 6.46. The number of anilines is 1. The highest BCUT2D eigenvalue weighted by Crippen LogP contribution is 2.36. The van der Waals surface area contributed by atoms with Gasteiger partial charge in [0.25, 0.3) is 5.91 Å². The van der Waals surface area contributed by atoms with Crippen molar-refractivity contribution in [3.63, 3.8) is 0 Å². The van der Waals surface area contributed by atoms with Crippen LogP contribution in [0.15, 0.2) is 48.5 Å². The summed E-state index contributed by atoms with van der Waals surface area (Å²) < 4.78 is 5.68. The molecule has 3 rings (SSSR count). The summed E-state index contributed by atoms with van der Waals surface area (Å²) in [6.07, 6.45) is 2.13. The number of ether oxygens (including phenoxy) is 1. The Kier molecular flexibility index (Phi) is 5.56. The van der Waals surface area contributed by atoms with Gasteiger partial charge in [-0.15, -0.1) is 0 Å². The van der Waals surface area contributed by atoms with Gasteiger partial charge in [-0.3, -0.25) is 9.59 Å². The van der Waals surface area contributed by atoms with Crippen LogP contribution in [0.5, 0.6) is 5.75 Å². The number of para-hydroxylation sites is 1. The number of amides is 2. The lowest BCUT2D eigenvalue weighted by molar-refractivity contribution is -0.126. The van der Waals surface area contributed by atoms with Gasteiger partial charge >= 0.3 is 0 Å². The number of benzene rings is 2. The first-order valence-electron chi connectivity index (χ1n) is 8.99. The molecule has 26 heavy (non-hydrogen) atoms. The molecule has 1 N–H and O–H groups in total. The highest BCUT2D eigenvalue weighted by atomic mass is 16.5. The second-order valence-electron chi connectivity index (χ2n) is 6.46. The number of nitrogens with zero attached hydrogens (tertiary/aromatic N) is 1. The monoisotopic (exact) mass is 352 g/mol. The Balaban J connectivity index is 1.75. The Morgan fingerprint density at radius 3 is 2.58 bits per heavy atom. The van der Waals surface area contributed by atoms with Gasteiger partial charge in [0.1, 0.15) is 11.8 Å². The standard InChI is InChI=1S/C21H24N2O3/c1-3-4-13-26-17-11-9-16(10-12-17)14-23-19-8-6-5-7-18(19)20(21(23)25)22-15(2)24/h5-12,20H,3-4,13-14H2,1-2H3,(H,22,24). The minimum atomic E-state index is -0.611. The van der Waals surface area contributed by atoms with E-state index in [0.717, 1.165) is 35.4 Å². The molecule has 1 atom stereocenters. The lowest BCUT2D eigenvalue weighted by Crippen LogP contribution is -2.36. The maximum Gasteiger partial charge on any atom is 0.254 e. The molecule has 5 nitrogen and oxygen atoms in total. The molecule has 136 valence electrons. The average Bonchev–Trinajstić information content (AvgIpc) is 2.89. The van der Waals surface area contributed by atoms with E-state index in [9.17, 15) is 9.59 Å². The number of hydrogen-bond acceptors (Lipinski definition) is 3. The Morgan fingerprint density at radius 2 is 1.88 bits per heavy atom. The first-order chi connectivity index (χ1) is 12.6. The Bertz CT molecular complexity index is 786. The largest absolute Gasteiger partial charge is 0.494 e. The van der Waals surface area contributed by atoms with Crippen LogP contribution in [0.1, 0.15) is 43.9 Å². The first kappa shape index (κ1) is 18.0. The molecule has 1 heterocycles. The minimum Gasteiger partial charge on any atom is -0.494 e. The third-order valence-electron chi connectivity index (χ3n) is 4.43. The van der Waals surface area contributed by atoms with E-state index in [1.807, 2.05) is 48.5 Å². The second kappa shape index (κ2) is 8.04. The third kappa shape index (κ3) is 3.87. The molecule has 0 aromatic heterocycles. The van der Waals surface area contributed by atoms with E-state index in [2.05, 4.69) is 12.2 Å². The summed E-state index contributed by atoms with van der Waals surface area (Å²) in [5.41, 5.74) is 2.70. The Morgan fingerprint density at radius 1 is 1.15 bits per heavy atom. The molecular formula is C21H24N2O3. The summed E-state index contributed by atoms with van der Waals surface area (Å²) in [5, 5.41) is 2.75. The number of fused-ring (bicyclic) bond motifs is 1. The van der Waals surface area contributed by atoms with Gasteiger partial charge in [-0.1, -0.05) is 43.7 Å². The molecule has 0 saturated heterocycles. The predicted octanol–water partition coefficient (Wildman–Crippen LogP) is 3.59. The first-order valence-corrected chi connectivity index (χ1v) is 8.99. The van der Waals surface area contributed by atoms with Gasteiger partial charge in [0.15, 0.2) is 0 Å². The molecule has 1 unspecified atom stereocenters. The van der Waals surface area contributed by atoms with Crippen LogP contribution in [0.4, 0.5) is 5.69 Å². The van der Waals surface area contributed by atoms with E-state index >= 15 is 0 Å². The molecule has 2 amide bonds. The van der Waals surface area contributed by atoms with Crippen molar-refractivity contribution in [2.75, 3.05) is 11.5 Å². The van der Waals surface area contributed by atoms with E-state index < -0.39 is 6.04 Å². The van der Waals surface area contributed by atoms with Gasteiger partial charge in [-0.2, -0.15) is 0 Å². The van der Waals surface area contributed by atoms with Gasteiger partial charge in [0.2, 0.25) is 5.91 Å². The van der Waals surface area contributed by atoms with E-state index in [1.54, 1.807) is 4.90 Å². The molecular weight excluding hydrogens is 328 g/mol. The Labute approximate surface area is 154 Å². The zero-order chi connectivity index (χ0) is 18.5. The normalized spacial score (nSPS) is 15.7. The van der Waals surface area contributed by atoms with Crippen LogP contribution in [0.25, 0.3) is 0 Å². The fourth-order valence-corrected chi connectivity index (χ4v) is 3.10. The highest BCUT2D eigenvalue weighted by molar-refractivity contribution is 6.06. The molecule has 2 aromatic rings. The number of hydrogen-bond donors (Lipinski definition) is 1. The van der Waals surface area contributed by atoms with Gasteiger partial charge in [0, 0.05) is 18.2 Å². The summed E-state index contributed by atoms with van der Waals surface area (Å²) >= 11 is 0. The highest BCUT2D eigenvalue weighted by Gasteiger charge is 2.37. The van der Waals surface area contributed by atoms with Crippen LogP contribution in [0, 0.1) is 0 Å². The van der Waals surface area contributed by atoms with Crippen LogP contribution >= 0.6 is 0 Å². The van der Waals surface area contributed by atoms with Gasteiger partial charge in [-0.05, 0) is 30.2 Å². The van der Waals surface area contributed by atoms with Crippen LogP contribution in [-0.2, 0) is 16.1 Å². The maximum atomic E-state index is 12.8. The van der Waals surface area contributed by atoms with Gasteiger partial charge in [0.05, 0.1) is 13.2 Å². The molecule has 1 aliphatic heterocycles. The number of carbonyl (C=O) groups is 2. The van der Waals surface area contributed by atoms with Crippen LogP contribution in [-0.4, -0.2) is 18.4 Å². The summed E-state index contributed by atoms with van der Waals surface area (Å²) in [4.78, 5) is 26.0. The lowest BCUT2D eigenvalue weighted by atomic mass is 10.1. The molecule has 0 fully saturated rings. The smallest absolute Gasteiger partial charge is 0.254 e. The molecule has 5 heteroatoms. The molecule has 1 aliphatic rings. The predicted molar refractivity (Wildman–Crippen MR) is 101 cm³/mol. The fourth-order valence-electron chi connectivity index (χ4n) is 3.10. The van der Waals surface area contributed by atoms with E-state index in [4.69, 9.17) is 4.74 Å². The van der Waals surface area contributed by atoms with Crippen molar-refractivity contribution in [1.82, 2.24) is 5.32 Å². The zero-order valence-corrected chi connectivity index (χ0v) is 15.2. The minimum absolute atomic E-state index is 0.107. The topological polar surface area (TPSA) is 58.6 Å². The number of rotatable bonds is 7. The summed E-state index contributed by atoms with van der Waals surface area (Å²) in [7, 11) is 0. The van der Waals surface area contributed by atoms with E-state index in [-0.39, 0.29) is 11.8 Å². The Hall–Kier alpha value is -2.82. The fraction of sp³-hybridized carbons (Fsp3) is 0.333. The molecule has 0 radical (unpaired) electrons. The van der Waals surface area contributed by atoms with Crippen molar-refractivity contribution in [2.24, 2.45) is 0 Å². The van der Waals surface area contributed by atoms with E-state index in [0.29, 0.717) is 13.2 Å². The summed E-state index contributed by atoms with van der Waals surface area (Å²) in [6.45, 7) is 4.73. The van der Waals surface area contributed by atoms with Crippen molar-refractivity contribution in [3.05, 3.63) is 59.7 Å². The van der Waals surface area contributed by atoms with Crippen molar-refractivity contribution >= 4 is 17.5 Å². The van der Waals surface area contributed by atoms with Crippen molar-refractivity contribution in [2.45, 2.75) is 39.3 Å². The van der Waals surface area contributed by atoms with Gasteiger partial charge in [-0.25, -0.2) is 0 Å². The SMILES string of the molecule is CCCCOc1ccc(CN2C(=O)C(NC(C)=O)c3ccccc32)cc1. The van der Waals surface area contributed by atoms with Gasteiger partial charge < -0.3 is 15.0 Å². The van der Waals surface area contributed by atoms with Crippen LogP contribution in [0.3, 0.4) is 0 Å². The average molecular weight is 352 g/mol. The van der Waals surface area contributed by atoms with Crippen molar-refractivity contribution in [3.8, 4) is 5.75 Å². The number of unbranched alkanes of at least 4 members (excludes halogenated alkanes) is 1. The van der Waals surface area contributed by atoms with E-state index in [1.165, 1.54) is 6.92 Å². The molecule has 0 saturated carbocycles. The molecule has 0 aliphatic carbocycles. The molecule has 0 bridgehead atoms. The van der Waals surface area contributed by atoms with Crippen molar-refractivity contribution in [1.29, 1.82) is 0 Å². The molecule has 2 aromatic carbocycles. The summed E-state index contributed by atoms with van der Waals surface area (Å²) in [6, 6.07) is 14.8. The van der Waals surface area contributed by atoms with Crippen molar-refractivity contribution < 1.29 is 14.3 Å². The number of carbonyl (C=O) groups excluding carboxylic acids is 2. The van der Waals surface area contributed by atoms with Crippen LogP contribution in [0.2, 0.25) is 0 Å². The summed E-state index contributed by atoms with van der Waals surface area (Å²) in [5.74, 6) is 0.518. The van der Waals surface area contributed by atoms with Crippen LogP contribution < -0.4 is 15.0 Å². The molecule has 0 spiro atoms. The number of nitrogens with one attached hydrogen (secondary N) is 1. The maximum absolute atomic E-state index is 12.8. The zero-order valence-electron chi connectivity index (χ0n) is 15.2. The third-order valence-corrected chi connectivity index (χ3v) is 4.43. The lowest BCUT2D eigenvalue weighted by Gasteiger charge is -2.18. The quantitative estimate of drug-likeness (QED) is 0.775.